The molecule has 0 N–H and O–H groups in total. The highest BCUT2D eigenvalue weighted by molar-refractivity contribution is 5.50. The van der Waals surface area contributed by atoms with Gasteiger partial charge in [0.25, 0.3) is 6.43 Å². The summed E-state index contributed by atoms with van der Waals surface area (Å²) in [5.74, 6) is -0.137. The summed E-state index contributed by atoms with van der Waals surface area (Å²) in [5.41, 5.74) is 0.140. The minimum Gasteiger partial charge on any atom is -0.493 e. The van der Waals surface area contributed by atoms with E-state index in [0.717, 1.165) is 0 Å². The van der Waals surface area contributed by atoms with Crippen molar-refractivity contribution in [2.45, 2.75) is 13.3 Å². The van der Waals surface area contributed by atoms with E-state index < -0.39 is 12.1 Å². The van der Waals surface area contributed by atoms with E-state index in [9.17, 15) is 8.78 Å². The molecule has 14 heavy (non-hydrogen) atoms. The minimum absolute atomic E-state index is 0.109. The van der Waals surface area contributed by atoms with Crippen molar-refractivity contribution in [3.8, 4) is 11.8 Å². The average molecular weight is 198 g/mol. The lowest BCUT2D eigenvalue weighted by Gasteiger charge is -2.09. The molecule has 0 aliphatic rings. The third-order valence-corrected chi connectivity index (χ3v) is 1.77. The standard InChI is InChI=1S/C9H8F2N2O/c1-5-4-13-7(9(10)11)8(14-2)6(5)3-12/h4,9H,1-2H3. The van der Waals surface area contributed by atoms with Crippen LogP contribution in [0.2, 0.25) is 0 Å². The first-order valence-electron chi connectivity index (χ1n) is 3.83. The van der Waals surface area contributed by atoms with Crippen LogP contribution in [0.25, 0.3) is 0 Å². The topological polar surface area (TPSA) is 45.9 Å². The average Bonchev–Trinajstić information content (AvgIpc) is 2.16. The molecule has 0 bridgehead atoms. The van der Waals surface area contributed by atoms with Crippen LogP contribution in [0.1, 0.15) is 23.2 Å². The van der Waals surface area contributed by atoms with Crippen molar-refractivity contribution in [1.29, 1.82) is 5.26 Å². The van der Waals surface area contributed by atoms with E-state index in [1.54, 1.807) is 6.92 Å². The van der Waals surface area contributed by atoms with Crippen molar-refractivity contribution in [3.05, 3.63) is 23.0 Å². The monoisotopic (exact) mass is 198 g/mol. The largest absolute Gasteiger partial charge is 0.493 e. The number of rotatable bonds is 2. The van der Waals surface area contributed by atoms with Crippen LogP contribution in [0.4, 0.5) is 8.78 Å². The summed E-state index contributed by atoms with van der Waals surface area (Å²) < 4.78 is 29.6. The van der Waals surface area contributed by atoms with E-state index in [2.05, 4.69) is 4.98 Å². The molecule has 0 aromatic carbocycles. The molecule has 0 aliphatic carbocycles. The summed E-state index contributed by atoms with van der Waals surface area (Å²) in [6.07, 6.45) is -1.50. The zero-order chi connectivity index (χ0) is 10.7. The second-order valence-corrected chi connectivity index (χ2v) is 2.65. The highest BCUT2D eigenvalue weighted by Crippen LogP contribution is 2.31. The molecule has 1 rings (SSSR count). The summed E-state index contributed by atoms with van der Waals surface area (Å²) in [6, 6.07) is 1.81. The van der Waals surface area contributed by atoms with Crippen molar-refractivity contribution in [3.63, 3.8) is 0 Å². The van der Waals surface area contributed by atoms with Gasteiger partial charge in [-0.15, -0.1) is 0 Å². The maximum absolute atomic E-state index is 12.4. The van der Waals surface area contributed by atoms with Crippen LogP contribution < -0.4 is 4.74 Å². The molecule has 0 saturated heterocycles. The van der Waals surface area contributed by atoms with Gasteiger partial charge in [0, 0.05) is 6.20 Å². The Hall–Kier alpha value is -1.70. The summed E-state index contributed by atoms with van der Waals surface area (Å²) in [4.78, 5) is 3.53. The Kier molecular flexibility index (Phi) is 2.97. The molecular weight excluding hydrogens is 190 g/mol. The van der Waals surface area contributed by atoms with Crippen LogP contribution in [-0.2, 0) is 0 Å². The number of alkyl halides is 2. The van der Waals surface area contributed by atoms with Gasteiger partial charge in [-0.05, 0) is 12.5 Å². The molecule has 1 aromatic heterocycles. The number of nitrogens with zero attached hydrogens (tertiary/aromatic N) is 2. The predicted octanol–water partition coefficient (Wildman–Crippen LogP) is 2.21. The van der Waals surface area contributed by atoms with Crippen molar-refractivity contribution >= 4 is 0 Å². The third kappa shape index (κ3) is 1.64. The molecule has 0 fully saturated rings. The minimum atomic E-state index is -2.74. The fraction of sp³-hybridized carbons (Fsp3) is 0.333. The van der Waals surface area contributed by atoms with Crippen LogP contribution >= 0.6 is 0 Å². The summed E-state index contributed by atoms with van der Waals surface area (Å²) in [6.45, 7) is 1.61. The molecule has 1 heterocycles. The first kappa shape index (κ1) is 10.4. The van der Waals surface area contributed by atoms with E-state index in [0.29, 0.717) is 5.56 Å². The molecule has 5 heteroatoms. The van der Waals surface area contributed by atoms with Gasteiger partial charge in [0.15, 0.2) is 5.75 Å². The SMILES string of the molecule is COc1c(C(F)F)ncc(C)c1C#N. The number of halogens is 2. The van der Waals surface area contributed by atoms with E-state index in [1.165, 1.54) is 13.3 Å². The Balaban J connectivity index is 3.42. The van der Waals surface area contributed by atoms with Gasteiger partial charge in [0.05, 0.1) is 7.11 Å². The molecule has 0 spiro atoms. The molecule has 0 radical (unpaired) electrons. The first-order chi connectivity index (χ1) is 6.61. The predicted molar refractivity (Wildman–Crippen MR) is 45.2 cm³/mol. The Morgan fingerprint density at radius 2 is 2.21 bits per heavy atom. The molecular formula is C9H8F2N2O. The van der Waals surface area contributed by atoms with Crippen molar-refractivity contribution in [2.75, 3.05) is 7.11 Å². The number of aryl methyl sites for hydroxylation is 1. The third-order valence-electron chi connectivity index (χ3n) is 1.77. The Morgan fingerprint density at radius 3 is 2.64 bits per heavy atom. The van der Waals surface area contributed by atoms with Crippen molar-refractivity contribution in [2.24, 2.45) is 0 Å². The second kappa shape index (κ2) is 4.01. The fourth-order valence-electron chi connectivity index (χ4n) is 1.10. The zero-order valence-corrected chi connectivity index (χ0v) is 7.71. The second-order valence-electron chi connectivity index (χ2n) is 2.65. The molecule has 0 atom stereocenters. The summed E-state index contributed by atoms with van der Waals surface area (Å²) in [5, 5.41) is 8.73. The van der Waals surface area contributed by atoms with Gasteiger partial charge in [-0.3, -0.25) is 4.98 Å². The fourth-order valence-corrected chi connectivity index (χ4v) is 1.10. The van der Waals surface area contributed by atoms with E-state index in [-0.39, 0.29) is 11.3 Å². The van der Waals surface area contributed by atoms with Crippen LogP contribution in [-0.4, -0.2) is 12.1 Å². The van der Waals surface area contributed by atoms with E-state index in [1.807, 2.05) is 6.07 Å². The summed E-state index contributed by atoms with van der Waals surface area (Å²) in [7, 11) is 1.24. The Morgan fingerprint density at radius 1 is 1.57 bits per heavy atom. The highest BCUT2D eigenvalue weighted by atomic mass is 19.3. The summed E-state index contributed by atoms with van der Waals surface area (Å²) >= 11 is 0. The van der Waals surface area contributed by atoms with Crippen LogP contribution in [0, 0.1) is 18.3 Å². The molecule has 1 aromatic rings. The van der Waals surface area contributed by atoms with Gasteiger partial charge < -0.3 is 4.74 Å². The molecule has 0 saturated carbocycles. The number of methoxy groups -OCH3 is 1. The van der Waals surface area contributed by atoms with Crippen LogP contribution in [0.3, 0.4) is 0 Å². The smallest absolute Gasteiger partial charge is 0.284 e. The number of ether oxygens (including phenoxy) is 1. The van der Waals surface area contributed by atoms with E-state index in [4.69, 9.17) is 10.00 Å². The Labute approximate surface area is 79.9 Å². The molecule has 0 aliphatic heterocycles. The normalized spacial score (nSPS) is 10.0. The number of aromatic nitrogens is 1. The van der Waals surface area contributed by atoms with Gasteiger partial charge >= 0.3 is 0 Å². The van der Waals surface area contributed by atoms with Crippen molar-refractivity contribution in [1.82, 2.24) is 4.98 Å². The molecule has 0 amide bonds. The van der Waals surface area contributed by atoms with Crippen molar-refractivity contribution < 1.29 is 13.5 Å². The Bertz CT molecular complexity index is 385. The number of nitriles is 1. The maximum atomic E-state index is 12.4. The van der Waals surface area contributed by atoms with Crippen LogP contribution in [0.5, 0.6) is 5.75 Å². The first-order valence-corrected chi connectivity index (χ1v) is 3.83. The molecule has 0 unspecified atom stereocenters. The van der Waals surface area contributed by atoms with Gasteiger partial charge in [0.1, 0.15) is 17.3 Å². The number of hydrogen-bond donors (Lipinski definition) is 0. The van der Waals surface area contributed by atoms with Gasteiger partial charge in [-0.2, -0.15) is 5.26 Å². The molecule has 3 nitrogen and oxygen atoms in total. The lowest BCUT2D eigenvalue weighted by atomic mass is 10.1. The maximum Gasteiger partial charge on any atom is 0.284 e. The highest BCUT2D eigenvalue weighted by Gasteiger charge is 2.20. The van der Waals surface area contributed by atoms with E-state index >= 15 is 0 Å². The number of hydrogen-bond acceptors (Lipinski definition) is 3. The van der Waals surface area contributed by atoms with Gasteiger partial charge in [0.2, 0.25) is 0 Å². The number of pyridine rings is 1. The van der Waals surface area contributed by atoms with Crippen LogP contribution in [0.15, 0.2) is 6.20 Å². The van der Waals surface area contributed by atoms with Gasteiger partial charge in [-0.1, -0.05) is 0 Å². The lowest BCUT2D eigenvalue weighted by molar-refractivity contribution is 0.141. The molecule has 74 valence electrons. The zero-order valence-electron chi connectivity index (χ0n) is 7.71. The van der Waals surface area contributed by atoms with Gasteiger partial charge in [-0.25, -0.2) is 8.78 Å². The lowest BCUT2D eigenvalue weighted by Crippen LogP contribution is -2.00. The quantitative estimate of drug-likeness (QED) is 0.731.